The Morgan fingerprint density at radius 3 is 2.55 bits per heavy atom. The van der Waals surface area contributed by atoms with Crippen molar-refractivity contribution in [3.05, 3.63) is 32.1 Å². The number of nitrogens with zero attached hydrogens (tertiary/aromatic N) is 1. The topological polar surface area (TPSA) is 112 Å². The molecule has 0 aliphatic heterocycles. The summed E-state index contributed by atoms with van der Waals surface area (Å²) >= 11 is 0. The molecule has 0 fully saturated rings. The lowest BCUT2D eigenvalue weighted by Gasteiger charge is -2.09. The number of halogens is 3. The summed E-state index contributed by atoms with van der Waals surface area (Å²) in [7, 11) is 0. The molecule has 0 amide bonds. The summed E-state index contributed by atoms with van der Waals surface area (Å²) in [6, 6.07) is 0. The standard InChI is InChI=1S/C9H7F3N2O6/c1-2-19-8(16)4-3-13-7(14(17)18)6(5(4)15)20-9(10,11)12/h3H,2H2,1H3,(H,13,15). The van der Waals surface area contributed by atoms with Crippen LogP contribution in [0.5, 0.6) is 5.75 Å². The summed E-state index contributed by atoms with van der Waals surface area (Å²) in [5.74, 6) is -4.18. The van der Waals surface area contributed by atoms with Crippen molar-refractivity contribution in [2.45, 2.75) is 13.3 Å². The molecule has 1 heterocycles. The fourth-order valence-corrected chi connectivity index (χ4v) is 1.21. The van der Waals surface area contributed by atoms with E-state index in [2.05, 4.69) is 9.47 Å². The third-order valence-corrected chi connectivity index (χ3v) is 1.91. The van der Waals surface area contributed by atoms with Crippen LogP contribution in [-0.2, 0) is 4.74 Å². The molecule has 0 aliphatic rings. The fourth-order valence-electron chi connectivity index (χ4n) is 1.21. The number of nitro groups is 1. The number of rotatable bonds is 4. The van der Waals surface area contributed by atoms with E-state index in [0.29, 0.717) is 6.20 Å². The van der Waals surface area contributed by atoms with E-state index in [1.807, 2.05) is 0 Å². The van der Waals surface area contributed by atoms with Crippen LogP contribution in [0.25, 0.3) is 0 Å². The van der Waals surface area contributed by atoms with E-state index in [1.165, 1.54) is 6.92 Å². The SMILES string of the molecule is CCOC(=O)c1c[nH]c([N+](=O)[O-])c(OC(F)(F)F)c1=O. The van der Waals surface area contributed by atoms with Crippen LogP contribution in [0.15, 0.2) is 11.0 Å². The highest BCUT2D eigenvalue weighted by Crippen LogP contribution is 2.27. The summed E-state index contributed by atoms with van der Waals surface area (Å²) in [4.78, 5) is 34.0. The van der Waals surface area contributed by atoms with E-state index in [0.717, 1.165) is 0 Å². The first-order valence-corrected chi connectivity index (χ1v) is 5.00. The van der Waals surface area contributed by atoms with Crippen LogP contribution in [-0.4, -0.2) is 28.8 Å². The van der Waals surface area contributed by atoms with Crippen LogP contribution in [0.2, 0.25) is 0 Å². The van der Waals surface area contributed by atoms with Gasteiger partial charge in [-0.3, -0.25) is 4.79 Å². The lowest BCUT2D eigenvalue weighted by atomic mass is 10.2. The highest BCUT2D eigenvalue weighted by atomic mass is 19.4. The zero-order valence-corrected chi connectivity index (χ0v) is 9.82. The van der Waals surface area contributed by atoms with Crippen LogP contribution in [0.4, 0.5) is 19.0 Å². The molecular weight excluding hydrogens is 289 g/mol. The number of aromatic nitrogens is 1. The van der Waals surface area contributed by atoms with Crippen LogP contribution in [0.3, 0.4) is 0 Å². The zero-order valence-electron chi connectivity index (χ0n) is 9.82. The molecule has 0 aromatic carbocycles. The van der Waals surface area contributed by atoms with Gasteiger partial charge in [0.15, 0.2) is 5.56 Å². The molecule has 110 valence electrons. The number of carbonyl (C=O) groups is 1. The Kier molecular flexibility index (Phi) is 4.32. The van der Waals surface area contributed by atoms with Gasteiger partial charge in [0.2, 0.25) is 5.43 Å². The van der Waals surface area contributed by atoms with Crippen molar-refractivity contribution in [1.29, 1.82) is 0 Å². The number of alkyl halides is 3. The van der Waals surface area contributed by atoms with Crippen molar-refractivity contribution in [2.24, 2.45) is 0 Å². The van der Waals surface area contributed by atoms with Gasteiger partial charge in [-0.25, -0.2) is 9.78 Å². The van der Waals surface area contributed by atoms with Crippen molar-refractivity contribution < 1.29 is 32.4 Å². The molecule has 0 spiro atoms. The number of pyridine rings is 1. The number of carbonyl (C=O) groups excluding carboxylic acids is 1. The third-order valence-electron chi connectivity index (χ3n) is 1.91. The third kappa shape index (κ3) is 3.46. The van der Waals surface area contributed by atoms with Gasteiger partial charge in [-0.15, -0.1) is 13.2 Å². The van der Waals surface area contributed by atoms with Gasteiger partial charge >= 0.3 is 18.1 Å². The normalized spacial score (nSPS) is 11.0. The predicted octanol–water partition coefficient (Wildman–Crippen LogP) is 1.36. The molecule has 0 saturated heterocycles. The predicted molar refractivity (Wildman–Crippen MR) is 56.4 cm³/mol. The molecule has 1 rings (SSSR count). The summed E-state index contributed by atoms with van der Waals surface area (Å²) in [5, 5.41) is 10.5. The zero-order chi connectivity index (χ0) is 15.5. The molecule has 11 heteroatoms. The molecule has 1 N–H and O–H groups in total. The average molecular weight is 296 g/mol. The lowest BCUT2D eigenvalue weighted by Crippen LogP contribution is -2.26. The number of esters is 1. The van der Waals surface area contributed by atoms with Gasteiger partial charge in [-0.2, -0.15) is 0 Å². The molecule has 0 radical (unpaired) electrons. The summed E-state index contributed by atoms with van der Waals surface area (Å²) in [6.45, 7) is 1.27. The van der Waals surface area contributed by atoms with E-state index in [9.17, 15) is 32.9 Å². The van der Waals surface area contributed by atoms with Gasteiger partial charge in [0.25, 0.3) is 5.75 Å². The minimum Gasteiger partial charge on any atom is -0.462 e. The molecule has 0 bridgehead atoms. The maximum atomic E-state index is 12.1. The molecule has 8 nitrogen and oxygen atoms in total. The maximum absolute atomic E-state index is 12.1. The van der Waals surface area contributed by atoms with Crippen molar-refractivity contribution in [2.75, 3.05) is 6.61 Å². The molecule has 0 aliphatic carbocycles. The van der Waals surface area contributed by atoms with Gasteiger partial charge in [-0.1, -0.05) is 0 Å². The van der Waals surface area contributed by atoms with Gasteiger partial charge < -0.3 is 19.6 Å². The van der Waals surface area contributed by atoms with E-state index in [1.54, 1.807) is 4.98 Å². The van der Waals surface area contributed by atoms with Crippen molar-refractivity contribution in [3.8, 4) is 5.75 Å². The molecule has 0 unspecified atom stereocenters. The number of hydrogen-bond acceptors (Lipinski definition) is 6. The van der Waals surface area contributed by atoms with E-state index >= 15 is 0 Å². The molecule has 20 heavy (non-hydrogen) atoms. The minimum absolute atomic E-state index is 0.134. The van der Waals surface area contributed by atoms with Crippen molar-refractivity contribution in [3.63, 3.8) is 0 Å². The average Bonchev–Trinajstić information content (AvgIpc) is 2.29. The first-order chi connectivity index (χ1) is 9.17. The Morgan fingerprint density at radius 2 is 2.10 bits per heavy atom. The summed E-state index contributed by atoms with van der Waals surface area (Å²) < 4.78 is 44.1. The molecule has 1 aromatic heterocycles. The number of aromatic amines is 1. The quantitative estimate of drug-likeness (QED) is 0.510. The Labute approximate surface area is 108 Å². The van der Waals surface area contributed by atoms with E-state index in [4.69, 9.17) is 0 Å². The second-order valence-electron chi connectivity index (χ2n) is 3.23. The second-order valence-corrected chi connectivity index (χ2v) is 3.23. The smallest absolute Gasteiger partial charge is 0.462 e. The van der Waals surface area contributed by atoms with Crippen LogP contribution in [0.1, 0.15) is 17.3 Å². The first kappa shape index (κ1) is 15.5. The highest BCUT2D eigenvalue weighted by molar-refractivity contribution is 5.89. The molecule has 1 aromatic rings. The number of hydrogen-bond donors (Lipinski definition) is 1. The molecular formula is C9H7F3N2O6. The summed E-state index contributed by atoms with van der Waals surface area (Å²) in [6.07, 6.45) is -4.74. The number of ether oxygens (including phenoxy) is 2. The lowest BCUT2D eigenvalue weighted by molar-refractivity contribution is -0.393. The molecule has 0 saturated carbocycles. The van der Waals surface area contributed by atoms with Crippen molar-refractivity contribution in [1.82, 2.24) is 4.98 Å². The monoisotopic (exact) mass is 296 g/mol. The Hall–Kier alpha value is -2.59. The first-order valence-electron chi connectivity index (χ1n) is 5.00. The largest absolute Gasteiger partial charge is 0.573 e. The van der Waals surface area contributed by atoms with E-state index in [-0.39, 0.29) is 6.61 Å². The fraction of sp³-hybridized carbons (Fsp3) is 0.333. The van der Waals surface area contributed by atoms with E-state index < -0.39 is 39.8 Å². The van der Waals surface area contributed by atoms with Gasteiger partial charge in [0.1, 0.15) is 6.20 Å². The molecule has 0 atom stereocenters. The Bertz CT molecular complexity index is 594. The van der Waals surface area contributed by atoms with Gasteiger partial charge in [0, 0.05) is 0 Å². The number of H-pyrrole nitrogens is 1. The van der Waals surface area contributed by atoms with Crippen molar-refractivity contribution >= 4 is 11.8 Å². The summed E-state index contributed by atoms with van der Waals surface area (Å²) in [5.41, 5.74) is -2.43. The van der Waals surface area contributed by atoms with Crippen LogP contribution >= 0.6 is 0 Å². The van der Waals surface area contributed by atoms with Gasteiger partial charge in [0.05, 0.1) is 6.61 Å². The van der Waals surface area contributed by atoms with Gasteiger partial charge in [-0.05, 0) is 11.8 Å². The van der Waals surface area contributed by atoms with Crippen LogP contribution in [0, 0.1) is 10.1 Å². The maximum Gasteiger partial charge on any atom is 0.573 e. The second kappa shape index (κ2) is 5.59. The highest BCUT2D eigenvalue weighted by Gasteiger charge is 2.37. The minimum atomic E-state index is -5.33. The number of nitrogens with one attached hydrogen (secondary N) is 1. The van der Waals surface area contributed by atoms with Crippen LogP contribution < -0.4 is 10.2 Å². The Morgan fingerprint density at radius 1 is 1.50 bits per heavy atom. The Balaban J connectivity index is 3.42.